The maximum Gasteiger partial charge on any atom is 0.272 e. The molecule has 1 saturated heterocycles. The molecule has 0 bridgehead atoms. The average molecular weight is 287 g/mol. The van der Waals surface area contributed by atoms with E-state index in [1.54, 1.807) is 24.3 Å². The van der Waals surface area contributed by atoms with Crippen LogP contribution in [0, 0.1) is 5.92 Å². The molecule has 21 heavy (non-hydrogen) atoms. The lowest BCUT2D eigenvalue weighted by Crippen LogP contribution is -2.34. The first-order valence-electron chi connectivity index (χ1n) is 7.09. The number of nitrogens with one attached hydrogen (secondary N) is 2. The highest BCUT2D eigenvalue weighted by Crippen LogP contribution is 2.14. The van der Waals surface area contributed by atoms with Crippen molar-refractivity contribution in [2.45, 2.75) is 12.8 Å². The van der Waals surface area contributed by atoms with Crippen LogP contribution < -0.4 is 10.9 Å². The van der Waals surface area contributed by atoms with Gasteiger partial charge in [0.15, 0.2) is 5.69 Å². The van der Waals surface area contributed by atoms with Gasteiger partial charge in [0.05, 0.1) is 12.0 Å². The molecule has 1 aliphatic heterocycles. The maximum atomic E-state index is 12.3. The van der Waals surface area contributed by atoms with E-state index in [9.17, 15) is 9.59 Å². The van der Waals surface area contributed by atoms with Crippen molar-refractivity contribution < 1.29 is 9.53 Å². The van der Waals surface area contributed by atoms with Gasteiger partial charge in [-0.25, -0.2) is 5.10 Å². The van der Waals surface area contributed by atoms with Crippen molar-refractivity contribution in [1.29, 1.82) is 0 Å². The summed E-state index contributed by atoms with van der Waals surface area (Å²) >= 11 is 0. The highest BCUT2D eigenvalue weighted by Gasteiger charge is 2.17. The van der Waals surface area contributed by atoms with Crippen molar-refractivity contribution in [2.24, 2.45) is 5.92 Å². The van der Waals surface area contributed by atoms with Gasteiger partial charge in [-0.2, -0.15) is 5.10 Å². The fourth-order valence-corrected chi connectivity index (χ4v) is 2.58. The smallest absolute Gasteiger partial charge is 0.272 e. The van der Waals surface area contributed by atoms with Gasteiger partial charge in [0.1, 0.15) is 0 Å². The van der Waals surface area contributed by atoms with E-state index in [-0.39, 0.29) is 17.2 Å². The van der Waals surface area contributed by atoms with Gasteiger partial charge in [-0.1, -0.05) is 18.2 Å². The molecule has 0 aliphatic carbocycles. The normalized spacial score (nSPS) is 18.6. The van der Waals surface area contributed by atoms with E-state index in [0.29, 0.717) is 29.8 Å². The molecule has 0 radical (unpaired) electrons. The minimum atomic E-state index is -0.289. The third-order valence-electron chi connectivity index (χ3n) is 3.72. The van der Waals surface area contributed by atoms with Gasteiger partial charge in [-0.05, 0) is 24.8 Å². The Morgan fingerprint density at radius 2 is 2.19 bits per heavy atom. The van der Waals surface area contributed by atoms with Crippen LogP contribution in [0.3, 0.4) is 0 Å². The number of aromatic amines is 1. The summed E-state index contributed by atoms with van der Waals surface area (Å²) in [5.74, 6) is 0.0738. The summed E-state index contributed by atoms with van der Waals surface area (Å²) in [7, 11) is 0. The number of H-pyrrole nitrogens is 1. The van der Waals surface area contributed by atoms with E-state index in [4.69, 9.17) is 4.74 Å². The maximum absolute atomic E-state index is 12.3. The lowest BCUT2D eigenvalue weighted by molar-refractivity contribution is 0.0536. The van der Waals surface area contributed by atoms with Crippen LogP contribution in [-0.2, 0) is 4.74 Å². The Kier molecular flexibility index (Phi) is 3.96. The van der Waals surface area contributed by atoms with E-state index in [0.717, 1.165) is 19.4 Å². The number of fused-ring (bicyclic) bond motifs is 1. The summed E-state index contributed by atoms with van der Waals surface area (Å²) in [5, 5.41) is 10.2. The molecule has 3 rings (SSSR count). The number of nitrogens with zero attached hydrogens (tertiary/aromatic N) is 1. The van der Waals surface area contributed by atoms with Crippen molar-refractivity contribution in [3.63, 3.8) is 0 Å². The predicted octanol–water partition coefficient (Wildman–Crippen LogP) is 1.08. The van der Waals surface area contributed by atoms with Crippen molar-refractivity contribution in [3.8, 4) is 0 Å². The first-order chi connectivity index (χ1) is 10.3. The predicted molar refractivity (Wildman–Crippen MR) is 78.2 cm³/mol. The molecule has 1 aromatic heterocycles. The molecule has 6 heteroatoms. The van der Waals surface area contributed by atoms with Crippen LogP contribution in [0.5, 0.6) is 0 Å². The molecule has 1 atom stereocenters. The summed E-state index contributed by atoms with van der Waals surface area (Å²) in [6, 6.07) is 6.96. The summed E-state index contributed by atoms with van der Waals surface area (Å²) in [6.07, 6.45) is 2.08. The highest BCUT2D eigenvalue weighted by molar-refractivity contribution is 6.04. The van der Waals surface area contributed by atoms with Crippen molar-refractivity contribution >= 4 is 16.7 Å². The lowest BCUT2D eigenvalue weighted by Gasteiger charge is -2.22. The molecule has 1 unspecified atom stereocenters. The van der Waals surface area contributed by atoms with Crippen molar-refractivity contribution in [3.05, 3.63) is 40.3 Å². The summed E-state index contributed by atoms with van der Waals surface area (Å²) in [5.41, 5.74) is -0.0373. The second-order valence-electron chi connectivity index (χ2n) is 5.24. The van der Waals surface area contributed by atoms with Crippen LogP contribution in [0.4, 0.5) is 0 Å². The van der Waals surface area contributed by atoms with Gasteiger partial charge < -0.3 is 10.1 Å². The Bertz CT molecular complexity index is 705. The van der Waals surface area contributed by atoms with Crippen LogP contribution in [-0.4, -0.2) is 35.9 Å². The molecular formula is C15H17N3O3. The van der Waals surface area contributed by atoms with E-state index >= 15 is 0 Å². The quantitative estimate of drug-likeness (QED) is 0.884. The topological polar surface area (TPSA) is 84.1 Å². The monoisotopic (exact) mass is 287 g/mol. The molecule has 2 aromatic rings. The Labute approximate surface area is 121 Å². The minimum Gasteiger partial charge on any atom is -0.381 e. The zero-order valence-electron chi connectivity index (χ0n) is 11.6. The SMILES string of the molecule is O=C(NCC1CCCOC1)c1n[nH]c(=O)c2ccccc12. The van der Waals surface area contributed by atoms with Gasteiger partial charge in [0, 0.05) is 18.5 Å². The fourth-order valence-electron chi connectivity index (χ4n) is 2.58. The molecule has 0 spiro atoms. The number of ether oxygens (including phenoxy) is 1. The Morgan fingerprint density at radius 3 is 2.95 bits per heavy atom. The number of benzene rings is 1. The summed E-state index contributed by atoms with van der Waals surface area (Å²) < 4.78 is 5.39. The third kappa shape index (κ3) is 2.95. The molecule has 110 valence electrons. The molecule has 1 aliphatic rings. The Morgan fingerprint density at radius 1 is 1.38 bits per heavy atom. The molecule has 2 N–H and O–H groups in total. The second-order valence-corrected chi connectivity index (χ2v) is 5.24. The minimum absolute atomic E-state index is 0.252. The third-order valence-corrected chi connectivity index (χ3v) is 3.72. The number of hydrogen-bond donors (Lipinski definition) is 2. The zero-order valence-corrected chi connectivity index (χ0v) is 11.6. The number of aromatic nitrogens is 2. The largest absolute Gasteiger partial charge is 0.381 e. The highest BCUT2D eigenvalue weighted by atomic mass is 16.5. The van der Waals surface area contributed by atoms with Gasteiger partial charge >= 0.3 is 0 Å². The zero-order chi connectivity index (χ0) is 14.7. The number of rotatable bonds is 3. The van der Waals surface area contributed by atoms with Crippen LogP contribution in [0.2, 0.25) is 0 Å². The number of carbonyl (C=O) groups excluding carboxylic acids is 1. The van der Waals surface area contributed by atoms with Crippen molar-refractivity contribution in [2.75, 3.05) is 19.8 Å². The summed E-state index contributed by atoms with van der Waals surface area (Å²) in [6.45, 7) is 2.05. The Hall–Kier alpha value is -2.21. The molecule has 2 heterocycles. The molecule has 6 nitrogen and oxygen atoms in total. The van der Waals surface area contributed by atoms with Crippen LogP contribution >= 0.6 is 0 Å². The standard InChI is InChI=1S/C15H17N3O3/c19-14-12-6-2-1-5-11(12)13(17-18-14)15(20)16-8-10-4-3-7-21-9-10/h1-2,5-6,10H,3-4,7-9H2,(H,16,20)(H,18,19). The fraction of sp³-hybridized carbons (Fsp3) is 0.400. The Balaban J connectivity index is 1.78. The van der Waals surface area contributed by atoms with Crippen LogP contribution in [0.25, 0.3) is 10.8 Å². The first kappa shape index (κ1) is 13.8. The average Bonchev–Trinajstić information content (AvgIpc) is 2.54. The van der Waals surface area contributed by atoms with Gasteiger partial charge in [0.25, 0.3) is 11.5 Å². The number of carbonyl (C=O) groups is 1. The van der Waals surface area contributed by atoms with Crippen molar-refractivity contribution in [1.82, 2.24) is 15.5 Å². The molecule has 1 amide bonds. The lowest BCUT2D eigenvalue weighted by atomic mass is 10.0. The van der Waals surface area contributed by atoms with E-state index in [2.05, 4.69) is 15.5 Å². The van der Waals surface area contributed by atoms with Gasteiger partial charge in [-0.15, -0.1) is 0 Å². The number of amides is 1. The van der Waals surface area contributed by atoms with E-state index in [1.807, 2.05) is 0 Å². The molecule has 1 aromatic carbocycles. The molecule has 1 fully saturated rings. The molecule has 0 saturated carbocycles. The summed E-state index contributed by atoms with van der Waals surface area (Å²) in [4.78, 5) is 24.0. The van der Waals surface area contributed by atoms with Gasteiger partial charge in [0.2, 0.25) is 0 Å². The van der Waals surface area contributed by atoms with Crippen LogP contribution in [0.15, 0.2) is 29.1 Å². The van der Waals surface area contributed by atoms with E-state index in [1.165, 1.54) is 0 Å². The number of hydrogen-bond acceptors (Lipinski definition) is 4. The second kappa shape index (κ2) is 6.05. The van der Waals surface area contributed by atoms with Crippen LogP contribution in [0.1, 0.15) is 23.3 Å². The first-order valence-corrected chi connectivity index (χ1v) is 7.09. The van der Waals surface area contributed by atoms with Gasteiger partial charge in [-0.3, -0.25) is 9.59 Å². The molecular weight excluding hydrogens is 270 g/mol. The van der Waals surface area contributed by atoms with E-state index < -0.39 is 0 Å².